The average molecular weight is 890 g/mol. The van der Waals surface area contributed by atoms with E-state index in [9.17, 15) is 39.8 Å². The molecule has 4 amide bonds. The van der Waals surface area contributed by atoms with Crippen LogP contribution in [0, 0.1) is 27.6 Å². The molecular formula is C47H60ClN5O10. The van der Waals surface area contributed by atoms with Gasteiger partial charge in [0.1, 0.15) is 42.4 Å². The van der Waals surface area contributed by atoms with E-state index in [-0.39, 0.29) is 50.8 Å². The molecule has 340 valence electrons. The second-order valence-electron chi connectivity index (χ2n) is 18.5. The van der Waals surface area contributed by atoms with Crippen molar-refractivity contribution in [3.63, 3.8) is 0 Å². The van der Waals surface area contributed by atoms with Gasteiger partial charge in [0.05, 0.1) is 23.3 Å². The number of ether oxygens (including phenoxy) is 3. The van der Waals surface area contributed by atoms with E-state index >= 15 is 0 Å². The molecule has 1 aliphatic carbocycles. The highest BCUT2D eigenvalue weighted by Gasteiger charge is 2.64. The van der Waals surface area contributed by atoms with Gasteiger partial charge in [-0.3, -0.25) is 19.2 Å². The first kappa shape index (κ1) is 48.8. The molecule has 15 nitrogen and oxygen atoms in total. The Morgan fingerprint density at radius 1 is 0.937 bits per heavy atom. The van der Waals surface area contributed by atoms with Crippen molar-refractivity contribution in [2.24, 2.45) is 16.2 Å². The quantitative estimate of drug-likeness (QED) is 0.0754. The van der Waals surface area contributed by atoms with Gasteiger partial charge in [-0.25, -0.2) is 0 Å². The first-order valence-corrected chi connectivity index (χ1v) is 21.5. The molecule has 3 aromatic carbocycles. The number of unbranched alkanes of at least 4 members (excludes halogenated alkanes) is 1. The fourth-order valence-electron chi connectivity index (χ4n) is 8.61. The number of carbonyl (C=O) groups is 4. The molecule has 6 N–H and O–H groups in total. The smallest absolute Gasteiger partial charge is 0.251 e. The number of aliphatic hydroxyl groups excluding tert-OH is 2. The molecular weight excluding hydrogens is 830 g/mol. The molecule has 2 aliphatic rings. The largest absolute Gasteiger partial charge is 0.494 e. The Hall–Kier alpha value is -5.24. The number of hydrogen-bond donors (Lipinski definition) is 6. The van der Waals surface area contributed by atoms with Crippen LogP contribution in [0.2, 0.25) is 5.02 Å². The fraction of sp³-hybridized carbons (Fsp3) is 0.511. The number of halogens is 1. The van der Waals surface area contributed by atoms with Crippen LogP contribution in [0.4, 0.5) is 0 Å². The monoisotopic (exact) mass is 889 g/mol. The van der Waals surface area contributed by atoms with Crippen molar-refractivity contribution in [1.82, 2.24) is 20.9 Å². The average Bonchev–Trinajstić information content (AvgIpc) is 3.63. The highest BCUT2D eigenvalue weighted by Crippen LogP contribution is 2.55. The van der Waals surface area contributed by atoms with Crippen LogP contribution in [0.15, 0.2) is 66.7 Å². The van der Waals surface area contributed by atoms with Crippen LogP contribution in [0.1, 0.15) is 101 Å². The number of carbonyl (C=O) groups excluding carboxylic acids is 4. The van der Waals surface area contributed by atoms with E-state index < -0.39 is 58.4 Å². The molecule has 3 atom stereocenters. The van der Waals surface area contributed by atoms with E-state index in [2.05, 4.69) is 16.0 Å². The van der Waals surface area contributed by atoms with Crippen LogP contribution in [-0.4, -0.2) is 101 Å². The summed E-state index contributed by atoms with van der Waals surface area (Å²) in [4.78, 5) is 54.7. The molecule has 1 saturated carbocycles. The third-order valence-electron chi connectivity index (χ3n) is 11.8. The van der Waals surface area contributed by atoms with Gasteiger partial charge < -0.3 is 50.4 Å². The molecule has 3 aromatic rings. The fourth-order valence-corrected chi connectivity index (χ4v) is 8.82. The number of amides is 4. The molecule has 0 aromatic heterocycles. The summed E-state index contributed by atoms with van der Waals surface area (Å²) in [5.41, 5.74) is 0.348. The normalized spacial score (nSPS) is 20.5. The Labute approximate surface area is 374 Å². The van der Waals surface area contributed by atoms with Crippen LogP contribution >= 0.6 is 11.6 Å². The summed E-state index contributed by atoms with van der Waals surface area (Å²) in [7, 11) is 0. The molecule has 2 unspecified atom stereocenters. The molecule has 1 heterocycles. The number of aliphatic hydroxyl groups is 3. The molecule has 0 radical (unpaired) electrons. The Morgan fingerprint density at radius 2 is 1.57 bits per heavy atom. The highest BCUT2D eigenvalue weighted by molar-refractivity contribution is 6.31. The number of nitrogens with one attached hydrogen (secondary N) is 3. The second kappa shape index (κ2) is 20.5. The highest BCUT2D eigenvalue weighted by atomic mass is 35.5. The van der Waals surface area contributed by atoms with Crippen LogP contribution in [0.5, 0.6) is 11.5 Å². The van der Waals surface area contributed by atoms with Crippen molar-refractivity contribution in [3.8, 4) is 17.6 Å². The van der Waals surface area contributed by atoms with E-state index in [0.717, 1.165) is 0 Å². The van der Waals surface area contributed by atoms with Gasteiger partial charge in [0.15, 0.2) is 6.29 Å². The van der Waals surface area contributed by atoms with Crippen molar-refractivity contribution >= 4 is 35.2 Å². The Bertz CT molecular complexity index is 2120. The van der Waals surface area contributed by atoms with Crippen molar-refractivity contribution in [3.05, 3.63) is 94.0 Å². The van der Waals surface area contributed by atoms with Crippen LogP contribution in [-0.2, 0) is 25.7 Å². The molecule has 16 heteroatoms. The summed E-state index contributed by atoms with van der Waals surface area (Å²) in [5, 5.41) is 47.4. The van der Waals surface area contributed by atoms with Gasteiger partial charge in [0, 0.05) is 60.2 Å². The number of nitriles is 1. The second-order valence-corrected chi connectivity index (χ2v) is 18.9. The van der Waals surface area contributed by atoms with Crippen molar-refractivity contribution in [2.75, 3.05) is 26.4 Å². The topological polar surface area (TPSA) is 220 Å². The first-order chi connectivity index (χ1) is 29.6. The summed E-state index contributed by atoms with van der Waals surface area (Å²) >= 11 is 6.22. The van der Waals surface area contributed by atoms with Gasteiger partial charge >= 0.3 is 0 Å². The van der Waals surface area contributed by atoms with Crippen molar-refractivity contribution in [1.29, 1.82) is 5.26 Å². The third-order valence-corrected chi connectivity index (χ3v) is 12.1. The molecule has 0 bridgehead atoms. The minimum absolute atomic E-state index is 0.0449. The maximum Gasteiger partial charge on any atom is 0.251 e. The van der Waals surface area contributed by atoms with E-state index in [1.54, 1.807) is 75.4 Å². The maximum atomic E-state index is 13.9. The number of likely N-dealkylation sites (tertiary alicyclic amines) is 1. The molecule has 0 spiro atoms. The van der Waals surface area contributed by atoms with Gasteiger partial charge in [0.2, 0.25) is 17.7 Å². The number of rotatable bonds is 18. The third kappa shape index (κ3) is 12.1. The van der Waals surface area contributed by atoms with Gasteiger partial charge in [-0.05, 0) is 60.2 Å². The predicted octanol–water partition coefficient (Wildman–Crippen LogP) is 4.79. The summed E-state index contributed by atoms with van der Waals surface area (Å²) in [6.45, 7) is 14.0. The van der Waals surface area contributed by atoms with Crippen LogP contribution < -0.4 is 25.4 Å². The number of β-amino-alcohol motifs (C(OH)–C–C–N with tert-alkyl or cyclic N) is 1. The van der Waals surface area contributed by atoms with Crippen molar-refractivity contribution in [2.45, 2.75) is 111 Å². The van der Waals surface area contributed by atoms with Gasteiger partial charge in [-0.15, -0.1) is 0 Å². The Kier molecular flexibility index (Phi) is 15.9. The lowest BCUT2D eigenvalue weighted by Gasteiger charge is -2.63. The minimum atomic E-state index is -1.61. The number of nitrogens with zero attached hydrogens (tertiary/aromatic N) is 2. The van der Waals surface area contributed by atoms with E-state index in [4.69, 9.17) is 25.8 Å². The van der Waals surface area contributed by atoms with Gasteiger partial charge in [-0.1, -0.05) is 84.3 Å². The van der Waals surface area contributed by atoms with Gasteiger partial charge in [0.25, 0.3) is 5.91 Å². The number of hydrogen-bond acceptors (Lipinski definition) is 11. The summed E-state index contributed by atoms with van der Waals surface area (Å²) in [5.74, 6) is -0.485. The minimum Gasteiger partial charge on any atom is -0.494 e. The van der Waals surface area contributed by atoms with E-state index in [1.807, 2.05) is 33.8 Å². The molecule has 63 heavy (non-hydrogen) atoms. The van der Waals surface area contributed by atoms with E-state index in [1.165, 1.54) is 17.0 Å². The zero-order valence-corrected chi connectivity index (χ0v) is 37.7. The molecule has 2 fully saturated rings. The Morgan fingerprint density at radius 3 is 2.17 bits per heavy atom. The van der Waals surface area contributed by atoms with E-state index in [0.29, 0.717) is 58.2 Å². The first-order valence-electron chi connectivity index (χ1n) is 21.1. The molecule has 5 rings (SSSR count). The standard InChI is InChI=1S/C47H60ClN5O10/c1-45(2,3)38(41(58)53-26-32(54)22-36(53)40(57)50-25-28-10-12-30(13-11-28)42(59)60)51-37(55)27-61-20-8-9-21-62-33-17-14-29(15-18-33)39(56)52-43-46(4,5)44(47(43,6)7)63-34-19-16-31(24-49)35(48)23-34/h10-19,23,32,36,38,42-44,54,59-60H,8-9,20-22,25-27H2,1-7H3,(H,50,57)(H,51,55)(H,52,56)/t32-,36?,38?,43?,44?/m1/s1. The summed E-state index contributed by atoms with van der Waals surface area (Å²) in [6, 6.07) is 18.2. The Balaban J connectivity index is 1.01. The number of benzene rings is 3. The SMILES string of the molecule is CC(C)(C)C(NC(=O)COCCCCOc1ccc(C(=O)NC2C(C)(C)C(Oc3ccc(C#N)c(Cl)c3)C2(C)C)cc1)C(=O)N1C[C@H](O)CC1C(=O)NCc1ccc(C(O)O)cc1. The van der Waals surface area contributed by atoms with Crippen molar-refractivity contribution < 1.29 is 48.7 Å². The molecule has 1 aliphatic heterocycles. The molecule has 1 saturated heterocycles. The lowest BCUT2D eigenvalue weighted by atomic mass is 9.49. The zero-order valence-electron chi connectivity index (χ0n) is 36.9. The zero-order chi connectivity index (χ0) is 46.3. The lowest BCUT2D eigenvalue weighted by molar-refractivity contribution is -0.164. The summed E-state index contributed by atoms with van der Waals surface area (Å²) in [6.07, 6.45) is -1.47. The van der Waals surface area contributed by atoms with Gasteiger partial charge in [-0.2, -0.15) is 5.26 Å². The summed E-state index contributed by atoms with van der Waals surface area (Å²) < 4.78 is 17.8. The van der Waals surface area contributed by atoms with Crippen LogP contribution in [0.3, 0.4) is 0 Å². The van der Waals surface area contributed by atoms with Crippen LogP contribution in [0.25, 0.3) is 0 Å². The maximum absolute atomic E-state index is 13.9. The lowest BCUT2D eigenvalue weighted by Crippen LogP contribution is -2.74. The predicted molar refractivity (Wildman–Crippen MR) is 234 cm³/mol.